The van der Waals surface area contributed by atoms with E-state index >= 15 is 4.39 Å². The minimum atomic E-state index is -4.93. The number of halogens is 8. The normalized spacial score (nSPS) is 27.5. The van der Waals surface area contributed by atoms with E-state index in [-0.39, 0.29) is 60.8 Å². The maximum atomic E-state index is 16.7. The summed E-state index contributed by atoms with van der Waals surface area (Å²) in [5.74, 6) is -1.37. The predicted octanol–water partition coefficient (Wildman–Crippen LogP) is 6.44. The van der Waals surface area contributed by atoms with Crippen LogP contribution in [0.5, 0.6) is 6.01 Å². The number of pyridine rings is 1. The lowest BCUT2D eigenvalue weighted by Crippen LogP contribution is -2.59. The molecule has 1 aromatic carbocycles. The number of aryl methyl sites for hydroxylation is 1. The number of hydrogen-bond acceptors (Lipinski definition) is 8. The van der Waals surface area contributed by atoms with Crippen LogP contribution in [0.25, 0.3) is 22.2 Å². The van der Waals surface area contributed by atoms with E-state index in [1.807, 2.05) is 4.90 Å². The molecule has 0 radical (unpaired) electrons. The standard InChI is InChI=1S/C31H31ClF7N7O/c1-15-7-21(40)41-26(23(15)31(37,38)39)22-19(32)8-18-25(24(22)36)42-28(47-14-30-4-2-6-46(30)11-16(33)9-30)43-27(18)45-12-17-3-5-29(13-45,44-17)10-20(34)35/h7-8,10,16-17,44H,2-6,9,11-14H2,1H3,(H2,40,41)/t16-,17-,29-,30+/m1/s1. The van der Waals surface area contributed by atoms with Gasteiger partial charge in [-0.15, -0.1) is 0 Å². The number of rotatable bonds is 6. The number of fused-ring (bicyclic) bond motifs is 4. The highest BCUT2D eigenvalue weighted by atomic mass is 35.5. The SMILES string of the molecule is Cc1cc(N)nc(-c2c(Cl)cc3c(N4C[C@H]5CC[C@@](C=C(F)F)(C4)N5)nc(OC[C@@]45CCCN4C[C@H](F)C5)nc3c2F)c1C(F)(F)F. The highest BCUT2D eigenvalue weighted by Crippen LogP contribution is 2.46. The highest BCUT2D eigenvalue weighted by Gasteiger charge is 2.50. The minimum absolute atomic E-state index is 0.00145. The molecule has 0 spiro atoms. The zero-order valence-corrected chi connectivity index (χ0v) is 26.0. The largest absolute Gasteiger partial charge is 0.461 e. The van der Waals surface area contributed by atoms with Crippen molar-refractivity contribution in [1.82, 2.24) is 25.2 Å². The van der Waals surface area contributed by atoms with Crippen LogP contribution in [0, 0.1) is 12.7 Å². The second-order valence-electron chi connectivity index (χ2n) is 13.1. The Bertz CT molecular complexity index is 1790. The summed E-state index contributed by atoms with van der Waals surface area (Å²) >= 11 is 6.55. The van der Waals surface area contributed by atoms with Crippen molar-refractivity contribution in [2.75, 3.05) is 43.4 Å². The third-order valence-electron chi connectivity index (χ3n) is 9.86. The van der Waals surface area contributed by atoms with Gasteiger partial charge < -0.3 is 20.7 Å². The number of nitrogen functional groups attached to an aromatic ring is 1. The Balaban J connectivity index is 1.39. The van der Waals surface area contributed by atoms with E-state index in [1.54, 1.807) is 4.90 Å². The molecule has 6 heterocycles. The Morgan fingerprint density at radius 2 is 1.98 bits per heavy atom. The van der Waals surface area contributed by atoms with Crippen LogP contribution in [0.1, 0.15) is 43.2 Å². The van der Waals surface area contributed by atoms with Crippen molar-refractivity contribution in [3.8, 4) is 17.3 Å². The predicted molar refractivity (Wildman–Crippen MR) is 162 cm³/mol. The fourth-order valence-electron chi connectivity index (χ4n) is 8.01. The Hall–Kier alpha value is -3.43. The van der Waals surface area contributed by atoms with E-state index < -0.39 is 62.7 Å². The van der Waals surface area contributed by atoms with Gasteiger partial charge in [0.05, 0.1) is 32.9 Å². The Morgan fingerprint density at radius 1 is 1.19 bits per heavy atom. The van der Waals surface area contributed by atoms with Gasteiger partial charge in [-0.05, 0) is 56.8 Å². The molecule has 0 unspecified atom stereocenters. The number of anilines is 2. The lowest BCUT2D eigenvalue weighted by atomic mass is 9.95. The fourth-order valence-corrected chi connectivity index (χ4v) is 8.29. The number of ether oxygens (including phenoxy) is 1. The minimum Gasteiger partial charge on any atom is -0.461 e. The van der Waals surface area contributed by atoms with Gasteiger partial charge in [0.2, 0.25) is 0 Å². The van der Waals surface area contributed by atoms with E-state index in [0.29, 0.717) is 32.4 Å². The molecule has 3 aromatic rings. The molecule has 4 fully saturated rings. The highest BCUT2D eigenvalue weighted by molar-refractivity contribution is 6.34. The van der Waals surface area contributed by atoms with Gasteiger partial charge in [-0.2, -0.15) is 31.9 Å². The second kappa shape index (κ2) is 11.3. The smallest absolute Gasteiger partial charge is 0.418 e. The van der Waals surface area contributed by atoms with Crippen LogP contribution in [-0.2, 0) is 6.18 Å². The van der Waals surface area contributed by atoms with Gasteiger partial charge in [0, 0.05) is 43.6 Å². The van der Waals surface area contributed by atoms with Crippen LogP contribution in [0.15, 0.2) is 24.3 Å². The first kappa shape index (κ1) is 32.1. The zero-order chi connectivity index (χ0) is 33.5. The first-order valence-corrected chi connectivity index (χ1v) is 15.7. The summed E-state index contributed by atoms with van der Waals surface area (Å²) in [6, 6.07) is 1.79. The molecule has 7 rings (SSSR count). The lowest BCUT2D eigenvalue weighted by molar-refractivity contribution is -0.137. The number of piperazine rings is 1. The first-order chi connectivity index (χ1) is 22.2. The average Bonchev–Trinajstić information content (AvgIpc) is 3.58. The van der Waals surface area contributed by atoms with Gasteiger partial charge in [-0.1, -0.05) is 11.6 Å². The molecular weight excluding hydrogens is 655 g/mol. The summed E-state index contributed by atoms with van der Waals surface area (Å²) in [6.07, 6.45) is -4.20. The molecule has 252 valence electrons. The summed E-state index contributed by atoms with van der Waals surface area (Å²) in [5, 5.41) is 2.87. The molecule has 0 aliphatic carbocycles. The van der Waals surface area contributed by atoms with Gasteiger partial charge in [-0.25, -0.2) is 13.8 Å². The molecule has 4 aliphatic heterocycles. The van der Waals surface area contributed by atoms with E-state index in [1.165, 1.54) is 13.0 Å². The molecular formula is C31H31ClF7N7O. The molecule has 2 bridgehead atoms. The van der Waals surface area contributed by atoms with Crippen molar-refractivity contribution in [3.63, 3.8) is 0 Å². The molecule has 4 aliphatic rings. The number of benzene rings is 1. The Labute approximate surface area is 270 Å². The quantitative estimate of drug-likeness (QED) is 0.287. The van der Waals surface area contributed by atoms with E-state index in [9.17, 15) is 26.3 Å². The molecule has 0 amide bonds. The van der Waals surface area contributed by atoms with Crippen molar-refractivity contribution < 1.29 is 35.5 Å². The Morgan fingerprint density at radius 3 is 2.72 bits per heavy atom. The number of alkyl halides is 4. The van der Waals surface area contributed by atoms with Crippen LogP contribution in [-0.4, -0.2) is 75.9 Å². The van der Waals surface area contributed by atoms with Gasteiger partial charge in [0.15, 0.2) is 5.82 Å². The number of nitrogens with one attached hydrogen (secondary N) is 1. The van der Waals surface area contributed by atoms with Crippen LogP contribution in [0.4, 0.5) is 42.4 Å². The molecule has 3 N–H and O–H groups in total. The second-order valence-corrected chi connectivity index (χ2v) is 13.5. The van der Waals surface area contributed by atoms with Gasteiger partial charge in [-0.3, -0.25) is 4.90 Å². The molecule has 47 heavy (non-hydrogen) atoms. The number of nitrogens with zero attached hydrogens (tertiary/aromatic N) is 5. The molecule has 4 saturated heterocycles. The van der Waals surface area contributed by atoms with Crippen molar-refractivity contribution in [3.05, 3.63) is 46.3 Å². The number of nitrogens with two attached hydrogens (primary N) is 1. The maximum absolute atomic E-state index is 16.7. The summed E-state index contributed by atoms with van der Waals surface area (Å²) in [7, 11) is 0. The van der Waals surface area contributed by atoms with Crippen LogP contribution in [0.2, 0.25) is 5.02 Å². The third-order valence-corrected chi connectivity index (χ3v) is 10.2. The average molecular weight is 686 g/mol. The summed E-state index contributed by atoms with van der Waals surface area (Å²) in [4.78, 5) is 16.5. The summed E-state index contributed by atoms with van der Waals surface area (Å²) in [5.41, 5.74) is 0.771. The number of aromatic nitrogens is 3. The molecule has 16 heteroatoms. The fraction of sp³-hybridized carbons (Fsp3) is 0.516. The van der Waals surface area contributed by atoms with Crippen LogP contribution < -0.4 is 20.7 Å². The maximum Gasteiger partial charge on any atom is 0.418 e. The summed E-state index contributed by atoms with van der Waals surface area (Å²) < 4.78 is 107. The summed E-state index contributed by atoms with van der Waals surface area (Å²) in [6.45, 7) is 2.48. The van der Waals surface area contributed by atoms with E-state index in [4.69, 9.17) is 22.1 Å². The topological polar surface area (TPSA) is 92.4 Å². The van der Waals surface area contributed by atoms with Crippen molar-refractivity contribution >= 4 is 34.1 Å². The van der Waals surface area contributed by atoms with Crippen molar-refractivity contribution in [2.45, 2.75) is 68.5 Å². The molecule has 4 atom stereocenters. The lowest BCUT2D eigenvalue weighted by Gasteiger charge is -2.40. The Kier molecular flexibility index (Phi) is 7.75. The number of hydrogen-bond donors (Lipinski definition) is 2. The van der Waals surface area contributed by atoms with Gasteiger partial charge in [0.25, 0.3) is 6.08 Å². The zero-order valence-electron chi connectivity index (χ0n) is 25.2. The van der Waals surface area contributed by atoms with Crippen molar-refractivity contribution in [1.29, 1.82) is 0 Å². The van der Waals surface area contributed by atoms with Crippen molar-refractivity contribution in [2.24, 2.45) is 0 Å². The van der Waals surface area contributed by atoms with Crippen LogP contribution >= 0.6 is 11.6 Å². The first-order valence-electron chi connectivity index (χ1n) is 15.3. The molecule has 8 nitrogen and oxygen atoms in total. The van der Waals surface area contributed by atoms with Gasteiger partial charge in [0.1, 0.15) is 29.9 Å². The molecule has 2 aromatic heterocycles. The van der Waals surface area contributed by atoms with E-state index in [2.05, 4.69) is 20.3 Å². The monoisotopic (exact) mass is 685 g/mol. The van der Waals surface area contributed by atoms with Crippen LogP contribution in [0.3, 0.4) is 0 Å². The van der Waals surface area contributed by atoms with E-state index in [0.717, 1.165) is 18.6 Å². The third kappa shape index (κ3) is 5.63. The van der Waals surface area contributed by atoms with Gasteiger partial charge >= 0.3 is 12.2 Å². The molecule has 0 saturated carbocycles.